The summed E-state index contributed by atoms with van der Waals surface area (Å²) in [6, 6.07) is 13.3. The van der Waals surface area contributed by atoms with Gasteiger partial charge in [-0.15, -0.1) is 0 Å². The fourth-order valence-corrected chi connectivity index (χ4v) is 2.17. The Balaban J connectivity index is 2.64. The van der Waals surface area contributed by atoms with Gasteiger partial charge in [0.2, 0.25) is 0 Å². The van der Waals surface area contributed by atoms with E-state index in [9.17, 15) is 0 Å². The number of anilines is 1. The van der Waals surface area contributed by atoms with Crippen LogP contribution in [-0.4, -0.2) is 13.1 Å². The van der Waals surface area contributed by atoms with E-state index in [1.165, 1.54) is 11.1 Å². The highest BCUT2D eigenvalue weighted by atomic mass is 35.5. The van der Waals surface area contributed by atoms with Crippen molar-refractivity contribution in [1.29, 1.82) is 0 Å². The van der Waals surface area contributed by atoms with Crippen LogP contribution in [0.4, 0.5) is 5.69 Å². The SMILES string of the molecule is CCN(CC)c1cc[c]c2ccc(Cl)cc12. The monoisotopic (exact) mass is 232 g/mol. The highest BCUT2D eigenvalue weighted by Crippen LogP contribution is 2.28. The van der Waals surface area contributed by atoms with E-state index < -0.39 is 0 Å². The topological polar surface area (TPSA) is 3.24 Å². The van der Waals surface area contributed by atoms with E-state index in [2.05, 4.69) is 30.9 Å². The average molecular weight is 233 g/mol. The maximum absolute atomic E-state index is 6.05. The van der Waals surface area contributed by atoms with Gasteiger partial charge in [0.1, 0.15) is 0 Å². The first kappa shape index (κ1) is 11.3. The molecular formula is C14H15ClN. The van der Waals surface area contributed by atoms with Crippen molar-refractivity contribution >= 4 is 28.1 Å². The molecule has 2 aromatic carbocycles. The molecule has 2 aromatic rings. The van der Waals surface area contributed by atoms with E-state index in [0.717, 1.165) is 23.5 Å². The molecule has 0 aliphatic carbocycles. The normalized spacial score (nSPS) is 10.7. The van der Waals surface area contributed by atoms with E-state index >= 15 is 0 Å². The minimum absolute atomic E-state index is 0.778. The third-order valence-electron chi connectivity index (χ3n) is 2.84. The van der Waals surface area contributed by atoms with Gasteiger partial charge in [-0.2, -0.15) is 0 Å². The summed E-state index contributed by atoms with van der Waals surface area (Å²) in [7, 11) is 0. The van der Waals surface area contributed by atoms with Crippen LogP contribution in [0.1, 0.15) is 13.8 Å². The first-order valence-corrected chi connectivity index (χ1v) is 5.99. The summed E-state index contributed by atoms with van der Waals surface area (Å²) in [4.78, 5) is 2.33. The molecule has 0 heterocycles. The van der Waals surface area contributed by atoms with Crippen LogP contribution in [0.2, 0.25) is 5.02 Å². The van der Waals surface area contributed by atoms with Crippen LogP contribution in [0.5, 0.6) is 0 Å². The third kappa shape index (κ3) is 2.00. The predicted octanol–water partition coefficient (Wildman–Crippen LogP) is 4.14. The number of hydrogen-bond acceptors (Lipinski definition) is 1. The number of fused-ring (bicyclic) bond motifs is 1. The molecule has 0 bridgehead atoms. The third-order valence-corrected chi connectivity index (χ3v) is 3.08. The van der Waals surface area contributed by atoms with Gasteiger partial charge in [0.15, 0.2) is 0 Å². The summed E-state index contributed by atoms with van der Waals surface area (Å²) in [5.74, 6) is 0. The first-order valence-electron chi connectivity index (χ1n) is 5.61. The summed E-state index contributed by atoms with van der Waals surface area (Å²) >= 11 is 6.05. The van der Waals surface area contributed by atoms with Gasteiger partial charge < -0.3 is 4.90 Å². The summed E-state index contributed by atoms with van der Waals surface area (Å²) in [6.45, 7) is 6.33. The van der Waals surface area contributed by atoms with Crippen LogP contribution in [0, 0.1) is 6.07 Å². The lowest BCUT2D eigenvalue weighted by molar-refractivity contribution is 0.870. The van der Waals surface area contributed by atoms with Crippen LogP contribution in [0.3, 0.4) is 0 Å². The van der Waals surface area contributed by atoms with Gasteiger partial charge in [-0.3, -0.25) is 0 Å². The Kier molecular flexibility index (Phi) is 3.35. The Morgan fingerprint density at radius 1 is 1.19 bits per heavy atom. The zero-order valence-electron chi connectivity index (χ0n) is 9.63. The Morgan fingerprint density at radius 2 is 1.94 bits per heavy atom. The second kappa shape index (κ2) is 4.75. The second-order valence-electron chi connectivity index (χ2n) is 3.73. The Bertz CT molecular complexity index is 489. The highest BCUT2D eigenvalue weighted by Gasteiger charge is 2.06. The van der Waals surface area contributed by atoms with Gasteiger partial charge in [-0.25, -0.2) is 0 Å². The number of nitrogens with zero attached hydrogens (tertiary/aromatic N) is 1. The molecule has 1 nitrogen and oxygen atoms in total. The molecule has 16 heavy (non-hydrogen) atoms. The summed E-state index contributed by atoms with van der Waals surface area (Å²) in [5.41, 5.74) is 1.24. The van der Waals surface area contributed by atoms with Gasteiger partial charge in [0.25, 0.3) is 0 Å². The Morgan fingerprint density at radius 3 is 2.62 bits per heavy atom. The van der Waals surface area contributed by atoms with E-state index in [4.69, 9.17) is 11.6 Å². The van der Waals surface area contributed by atoms with Gasteiger partial charge in [-0.1, -0.05) is 23.7 Å². The van der Waals surface area contributed by atoms with Crippen LogP contribution < -0.4 is 4.90 Å². The van der Waals surface area contributed by atoms with E-state index in [1.54, 1.807) is 0 Å². The van der Waals surface area contributed by atoms with E-state index in [1.807, 2.05) is 24.3 Å². The smallest absolute Gasteiger partial charge is 0.0446 e. The van der Waals surface area contributed by atoms with Gasteiger partial charge in [0, 0.05) is 29.2 Å². The molecule has 0 unspecified atom stereocenters. The quantitative estimate of drug-likeness (QED) is 0.769. The lowest BCUT2D eigenvalue weighted by Gasteiger charge is -2.22. The van der Waals surface area contributed by atoms with Gasteiger partial charge in [0.05, 0.1) is 0 Å². The van der Waals surface area contributed by atoms with Crippen molar-refractivity contribution in [2.75, 3.05) is 18.0 Å². The van der Waals surface area contributed by atoms with Crippen molar-refractivity contribution in [3.05, 3.63) is 41.4 Å². The van der Waals surface area contributed by atoms with Gasteiger partial charge >= 0.3 is 0 Å². The van der Waals surface area contributed by atoms with Crippen LogP contribution in [0.15, 0.2) is 30.3 Å². The van der Waals surface area contributed by atoms with Crippen LogP contribution in [0.25, 0.3) is 10.8 Å². The standard InChI is InChI=1S/C14H15ClN/c1-3-16(4-2)14-7-5-6-11-8-9-12(15)10-13(11)14/h5,7-10H,3-4H2,1-2H3. The largest absolute Gasteiger partial charge is 0.372 e. The summed E-state index contributed by atoms with van der Waals surface area (Å²) < 4.78 is 0. The van der Waals surface area contributed by atoms with E-state index in [-0.39, 0.29) is 0 Å². The number of halogens is 1. The molecule has 0 saturated heterocycles. The molecule has 0 amide bonds. The summed E-state index contributed by atoms with van der Waals surface area (Å²) in [5, 5.41) is 3.08. The minimum Gasteiger partial charge on any atom is -0.372 e. The minimum atomic E-state index is 0.778. The van der Waals surface area contributed by atoms with Crippen LogP contribution in [-0.2, 0) is 0 Å². The second-order valence-corrected chi connectivity index (χ2v) is 4.16. The molecule has 0 aliphatic heterocycles. The Labute approximate surface area is 102 Å². The van der Waals surface area contributed by atoms with Crippen LogP contribution >= 0.6 is 11.6 Å². The molecule has 0 spiro atoms. The number of hydrogen-bond donors (Lipinski definition) is 0. The lowest BCUT2D eigenvalue weighted by Crippen LogP contribution is -2.21. The van der Waals surface area contributed by atoms with Crippen molar-refractivity contribution in [3.63, 3.8) is 0 Å². The molecular weight excluding hydrogens is 218 g/mol. The fourth-order valence-electron chi connectivity index (χ4n) is 1.99. The van der Waals surface area contributed by atoms with Crippen molar-refractivity contribution < 1.29 is 0 Å². The van der Waals surface area contributed by atoms with E-state index in [0.29, 0.717) is 0 Å². The first-order chi connectivity index (χ1) is 7.76. The maximum atomic E-state index is 6.05. The molecule has 0 aromatic heterocycles. The lowest BCUT2D eigenvalue weighted by atomic mass is 10.1. The molecule has 0 saturated carbocycles. The predicted molar refractivity (Wildman–Crippen MR) is 71.4 cm³/mol. The molecule has 1 radical (unpaired) electrons. The Hall–Kier alpha value is -1.21. The molecule has 0 N–H and O–H groups in total. The molecule has 2 rings (SSSR count). The maximum Gasteiger partial charge on any atom is 0.0446 e. The zero-order chi connectivity index (χ0) is 11.5. The van der Waals surface area contributed by atoms with Crippen molar-refractivity contribution in [2.24, 2.45) is 0 Å². The van der Waals surface area contributed by atoms with Crippen molar-refractivity contribution in [3.8, 4) is 0 Å². The molecule has 2 heteroatoms. The number of benzene rings is 2. The summed E-state index contributed by atoms with van der Waals surface area (Å²) in [6.07, 6.45) is 0. The molecule has 83 valence electrons. The molecule has 0 fully saturated rings. The van der Waals surface area contributed by atoms with Crippen molar-refractivity contribution in [2.45, 2.75) is 13.8 Å². The van der Waals surface area contributed by atoms with Crippen molar-refractivity contribution in [1.82, 2.24) is 0 Å². The molecule has 0 atom stereocenters. The number of rotatable bonds is 3. The fraction of sp³-hybridized carbons (Fsp3) is 0.286. The van der Waals surface area contributed by atoms with Gasteiger partial charge in [-0.05, 0) is 43.5 Å². The molecule has 0 aliphatic rings. The average Bonchev–Trinajstić information content (AvgIpc) is 2.31. The zero-order valence-corrected chi connectivity index (χ0v) is 10.4. The highest BCUT2D eigenvalue weighted by molar-refractivity contribution is 6.31.